The number of halogens is 1. The van der Waals surface area contributed by atoms with Crippen molar-refractivity contribution >= 4 is 39.9 Å². The number of para-hydroxylation sites is 1. The molecule has 0 bridgehead atoms. The number of aliphatic imine (C=N–C) groups is 2. The molecule has 0 amide bonds. The van der Waals surface area contributed by atoms with E-state index in [0.29, 0.717) is 23.1 Å². The molecule has 1 aromatic carbocycles. The second kappa shape index (κ2) is 8.55. The van der Waals surface area contributed by atoms with Crippen molar-refractivity contribution in [3.63, 3.8) is 0 Å². The summed E-state index contributed by atoms with van der Waals surface area (Å²) >= 11 is 3.37. The molecule has 0 spiro atoms. The van der Waals surface area contributed by atoms with Crippen LogP contribution >= 0.6 is 15.9 Å². The van der Waals surface area contributed by atoms with Crippen molar-refractivity contribution in [3.8, 4) is 0 Å². The molecular weight excluding hydrogens is 344 g/mol. The third-order valence-corrected chi connectivity index (χ3v) is 4.07. The van der Waals surface area contributed by atoms with E-state index in [9.17, 15) is 0 Å². The number of benzene rings is 1. The maximum absolute atomic E-state index is 5.93. The second-order valence-electron chi connectivity index (χ2n) is 4.96. The number of hydrogen-bond donors (Lipinski definition) is 4. The molecule has 0 saturated carbocycles. The molecule has 6 nitrogen and oxygen atoms in total. The first kappa shape index (κ1) is 16.5. The molecule has 22 heavy (non-hydrogen) atoms. The highest BCUT2D eigenvalue weighted by Crippen LogP contribution is 2.28. The molecule has 7 heteroatoms. The average molecular weight is 365 g/mol. The lowest BCUT2D eigenvalue weighted by atomic mass is 10.1. The Labute approximate surface area is 138 Å². The lowest BCUT2D eigenvalue weighted by Crippen LogP contribution is -2.30. The molecule has 118 valence electrons. The fourth-order valence-electron chi connectivity index (χ4n) is 2.08. The summed E-state index contributed by atoms with van der Waals surface area (Å²) in [4.78, 5) is 8.83. The summed E-state index contributed by atoms with van der Waals surface area (Å²) in [7, 11) is 0. The SMILES string of the molecule is NC=C(C=NC1CCNCC1)NC=Nc1cccc(Br)c1N. The molecule has 1 aliphatic rings. The van der Waals surface area contributed by atoms with Crippen LogP contribution in [0.15, 0.2) is 44.6 Å². The zero-order valence-corrected chi connectivity index (χ0v) is 13.9. The van der Waals surface area contributed by atoms with Crippen LogP contribution in [0.3, 0.4) is 0 Å². The van der Waals surface area contributed by atoms with Gasteiger partial charge in [-0.15, -0.1) is 0 Å². The van der Waals surface area contributed by atoms with Gasteiger partial charge < -0.3 is 22.1 Å². The maximum atomic E-state index is 5.93. The Morgan fingerprint density at radius 3 is 2.86 bits per heavy atom. The normalized spacial score (nSPS) is 17.4. The van der Waals surface area contributed by atoms with Crippen molar-refractivity contribution in [3.05, 3.63) is 34.6 Å². The molecule has 0 radical (unpaired) electrons. The van der Waals surface area contributed by atoms with Gasteiger partial charge in [-0.05, 0) is 54.0 Å². The Morgan fingerprint density at radius 1 is 1.36 bits per heavy atom. The zero-order valence-electron chi connectivity index (χ0n) is 12.3. The molecule has 2 rings (SSSR count). The van der Waals surface area contributed by atoms with Gasteiger partial charge in [0.2, 0.25) is 0 Å². The molecule has 6 N–H and O–H groups in total. The topological polar surface area (TPSA) is 101 Å². The summed E-state index contributed by atoms with van der Waals surface area (Å²) in [6.45, 7) is 2.03. The molecule has 0 atom stereocenters. The lowest BCUT2D eigenvalue weighted by molar-refractivity contribution is 0.460. The Morgan fingerprint density at radius 2 is 2.14 bits per heavy atom. The van der Waals surface area contributed by atoms with Crippen molar-refractivity contribution in [2.75, 3.05) is 18.8 Å². The highest BCUT2D eigenvalue weighted by molar-refractivity contribution is 9.10. The minimum atomic E-state index is 0.357. The minimum absolute atomic E-state index is 0.357. The van der Waals surface area contributed by atoms with Gasteiger partial charge in [0.1, 0.15) is 0 Å². The van der Waals surface area contributed by atoms with Crippen molar-refractivity contribution in [2.45, 2.75) is 18.9 Å². The smallest absolute Gasteiger partial charge is 0.0932 e. The van der Waals surface area contributed by atoms with Gasteiger partial charge in [0.25, 0.3) is 0 Å². The quantitative estimate of drug-likeness (QED) is 0.364. The summed E-state index contributed by atoms with van der Waals surface area (Å²) < 4.78 is 0.823. The second-order valence-corrected chi connectivity index (χ2v) is 5.81. The number of nitrogens with two attached hydrogens (primary N) is 2. The largest absolute Gasteiger partial charge is 0.403 e. The van der Waals surface area contributed by atoms with Gasteiger partial charge in [-0.2, -0.15) is 0 Å². The number of rotatable bonds is 5. The predicted octanol–water partition coefficient (Wildman–Crippen LogP) is 1.90. The fourth-order valence-corrected chi connectivity index (χ4v) is 2.44. The number of anilines is 1. The van der Waals surface area contributed by atoms with Crippen molar-refractivity contribution in [1.29, 1.82) is 0 Å². The van der Waals surface area contributed by atoms with Crippen LogP contribution < -0.4 is 22.1 Å². The van der Waals surface area contributed by atoms with Crippen molar-refractivity contribution in [1.82, 2.24) is 10.6 Å². The van der Waals surface area contributed by atoms with Gasteiger partial charge in [-0.25, -0.2) is 4.99 Å². The third kappa shape index (κ3) is 4.85. The molecule has 1 aliphatic heterocycles. The number of nitrogens with one attached hydrogen (secondary N) is 2. The monoisotopic (exact) mass is 364 g/mol. The number of nitrogens with zero attached hydrogens (tertiary/aromatic N) is 2. The number of piperidine rings is 1. The van der Waals surface area contributed by atoms with Gasteiger partial charge in [0, 0.05) is 16.9 Å². The molecule has 0 aromatic heterocycles. The van der Waals surface area contributed by atoms with E-state index in [1.165, 1.54) is 6.20 Å². The van der Waals surface area contributed by atoms with Crippen LogP contribution in [-0.2, 0) is 0 Å². The van der Waals surface area contributed by atoms with Crippen LogP contribution in [0.25, 0.3) is 0 Å². The maximum Gasteiger partial charge on any atom is 0.0932 e. The minimum Gasteiger partial charge on any atom is -0.403 e. The van der Waals surface area contributed by atoms with Gasteiger partial charge in [0.05, 0.1) is 29.5 Å². The lowest BCUT2D eigenvalue weighted by Gasteiger charge is -2.18. The van der Waals surface area contributed by atoms with Crippen molar-refractivity contribution in [2.24, 2.45) is 15.7 Å². The van der Waals surface area contributed by atoms with E-state index in [2.05, 4.69) is 36.5 Å². The number of nitrogen functional groups attached to an aromatic ring is 1. The molecule has 0 aliphatic carbocycles. The first-order valence-corrected chi connectivity index (χ1v) is 7.99. The third-order valence-electron chi connectivity index (χ3n) is 3.38. The molecule has 0 unspecified atom stereocenters. The molecular formula is C15H21BrN6. The first-order chi connectivity index (χ1) is 10.7. The van der Waals surface area contributed by atoms with Crippen LogP contribution in [0, 0.1) is 0 Å². The fraction of sp³-hybridized carbons (Fsp3) is 0.333. The summed E-state index contributed by atoms with van der Waals surface area (Å²) in [6, 6.07) is 5.95. The van der Waals surface area contributed by atoms with Crippen LogP contribution in [0.1, 0.15) is 12.8 Å². The predicted molar refractivity (Wildman–Crippen MR) is 96.5 cm³/mol. The van der Waals surface area contributed by atoms with Crippen LogP contribution in [0.5, 0.6) is 0 Å². The van der Waals surface area contributed by atoms with Gasteiger partial charge in [0.15, 0.2) is 0 Å². The van der Waals surface area contributed by atoms with Crippen molar-refractivity contribution < 1.29 is 0 Å². The van der Waals surface area contributed by atoms with E-state index < -0.39 is 0 Å². The van der Waals surface area contributed by atoms with E-state index in [1.807, 2.05) is 18.2 Å². The molecule has 1 aromatic rings. The highest BCUT2D eigenvalue weighted by atomic mass is 79.9. The average Bonchev–Trinajstić information content (AvgIpc) is 2.55. The van der Waals surface area contributed by atoms with Gasteiger partial charge in [-0.3, -0.25) is 4.99 Å². The standard InChI is InChI=1S/C15H21BrN6/c16-13-2-1-3-14(15(13)18)22-10-21-12(8-17)9-20-11-4-6-19-7-5-11/h1-3,8-11,19H,4-7,17-18H2,(H,21,22). The van der Waals surface area contributed by atoms with Crippen LogP contribution in [-0.4, -0.2) is 31.7 Å². The molecule has 1 saturated heterocycles. The molecule has 1 heterocycles. The zero-order chi connectivity index (χ0) is 15.8. The Hall–Kier alpha value is -1.86. The van der Waals surface area contributed by atoms with Crippen LogP contribution in [0.4, 0.5) is 11.4 Å². The number of hydrogen-bond acceptors (Lipinski definition) is 5. The van der Waals surface area contributed by atoms with E-state index in [-0.39, 0.29) is 0 Å². The Balaban J connectivity index is 1.92. The van der Waals surface area contributed by atoms with E-state index in [4.69, 9.17) is 11.5 Å². The van der Waals surface area contributed by atoms with E-state index in [1.54, 1.807) is 12.6 Å². The Kier molecular flexibility index (Phi) is 6.42. The highest BCUT2D eigenvalue weighted by Gasteiger charge is 2.10. The summed E-state index contributed by atoms with van der Waals surface area (Å²) in [5, 5.41) is 6.33. The van der Waals surface area contributed by atoms with Gasteiger partial charge >= 0.3 is 0 Å². The molecule has 1 fully saturated rings. The summed E-state index contributed by atoms with van der Waals surface area (Å²) in [5.41, 5.74) is 13.5. The van der Waals surface area contributed by atoms with Crippen LogP contribution in [0.2, 0.25) is 0 Å². The van der Waals surface area contributed by atoms with E-state index >= 15 is 0 Å². The first-order valence-electron chi connectivity index (χ1n) is 7.19. The Bertz CT molecular complexity index is 575. The van der Waals surface area contributed by atoms with E-state index in [0.717, 1.165) is 30.4 Å². The van der Waals surface area contributed by atoms with Gasteiger partial charge in [-0.1, -0.05) is 6.07 Å². The summed E-state index contributed by atoms with van der Waals surface area (Å²) in [6.07, 6.45) is 6.90. The number of allylic oxidation sites excluding steroid dienone is 1. The summed E-state index contributed by atoms with van der Waals surface area (Å²) in [5.74, 6) is 0.